The Bertz CT molecular complexity index is 359. The number of nitrogens with zero attached hydrogens (tertiary/aromatic N) is 1. The molecule has 0 aromatic heterocycles. The van der Waals surface area contributed by atoms with Crippen LogP contribution in [0.4, 0.5) is 0 Å². The predicted molar refractivity (Wildman–Crippen MR) is 73.3 cm³/mol. The molecule has 5 nitrogen and oxygen atoms in total. The molecule has 2 amide bonds. The second kappa shape index (κ2) is 5.90. The Morgan fingerprint density at radius 2 is 2.00 bits per heavy atom. The molecule has 5 heteroatoms. The summed E-state index contributed by atoms with van der Waals surface area (Å²) in [7, 11) is 0. The maximum Gasteiger partial charge on any atom is 0.225 e. The number of nitrogens with one attached hydrogen (secondary N) is 1. The number of likely N-dealkylation sites (tertiary alicyclic amines) is 1. The summed E-state index contributed by atoms with van der Waals surface area (Å²) in [5.74, 6) is 0.797. The minimum atomic E-state index is -0.0171. The fourth-order valence-electron chi connectivity index (χ4n) is 3.27. The molecule has 4 atom stereocenters. The lowest BCUT2D eigenvalue weighted by atomic mass is 9.79. The summed E-state index contributed by atoms with van der Waals surface area (Å²) in [5, 5.41) is 2.89. The van der Waals surface area contributed by atoms with Crippen molar-refractivity contribution in [1.82, 2.24) is 10.2 Å². The summed E-state index contributed by atoms with van der Waals surface area (Å²) in [4.78, 5) is 25.4. The lowest BCUT2D eigenvalue weighted by molar-refractivity contribution is -0.136. The predicted octanol–water partition coefficient (Wildman–Crippen LogP) is 0.487. The van der Waals surface area contributed by atoms with Gasteiger partial charge in [-0.15, -0.1) is 0 Å². The third-order valence-corrected chi connectivity index (χ3v) is 4.49. The van der Waals surface area contributed by atoms with E-state index in [0.29, 0.717) is 12.5 Å². The van der Waals surface area contributed by atoms with Crippen molar-refractivity contribution in [2.75, 3.05) is 13.1 Å². The second-order valence-electron chi connectivity index (χ2n) is 6.12. The highest BCUT2D eigenvalue weighted by molar-refractivity contribution is 5.79. The molecule has 1 saturated heterocycles. The lowest BCUT2D eigenvalue weighted by Crippen LogP contribution is -2.43. The third kappa shape index (κ3) is 3.47. The number of nitrogens with two attached hydrogens (primary N) is 1. The van der Waals surface area contributed by atoms with E-state index in [1.54, 1.807) is 0 Å². The van der Waals surface area contributed by atoms with Crippen molar-refractivity contribution in [3.63, 3.8) is 0 Å². The van der Waals surface area contributed by atoms with Gasteiger partial charge in [0.2, 0.25) is 11.8 Å². The average Bonchev–Trinajstić information content (AvgIpc) is 2.79. The van der Waals surface area contributed by atoms with Crippen molar-refractivity contribution < 1.29 is 9.59 Å². The molecule has 2 rings (SSSR count). The maximum absolute atomic E-state index is 12.5. The van der Waals surface area contributed by atoms with Gasteiger partial charge in [-0.1, -0.05) is 6.92 Å². The zero-order chi connectivity index (χ0) is 14.0. The van der Waals surface area contributed by atoms with Crippen molar-refractivity contribution in [2.24, 2.45) is 17.6 Å². The summed E-state index contributed by atoms with van der Waals surface area (Å²) in [6.07, 6.45) is 3.63. The van der Waals surface area contributed by atoms with Gasteiger partial charge in [-0.3, -0.25) is 9.59 Å². The molecule has 0 aromatic rings. The Hall–Kier alpha value is -1.10. The van der Waals surface area contributed by atoms with E-state index in [-0.39, 0.29) is 29.8 Å². The van der Waals surface area contributed by atoms with E-state index in [1.165, 1.54) is 6.92 Å². The summed E-state index contributed by atoms with van der Waals surface area (Å²) in [6.45, 7) is 5.08. The molecule has 1 saturated carbocycles. The Labute approximate surface area is 114 Å². The fourth-order valence-corrected chi connectivity index (χ4v) is 3.27. The van der Waals surface area contributed by atoms with E-state index < -0.39 is 0 Å². The van der Waals surface area contributed by atoms with E-state index in [0.717, 1.165) is 32.2 Å². The van der Waals surface area contributed by atoms with Gasteiger partial charge in [-0.25, -0.2) is 0 Å². The molecule has 0 radical (unpaired) electrons. The van der Waals surface area contributed by atoms with E-state index >= 15 is 0 Å². The first-order chi connectivity index (χ1) is 8.97. The summed E-state index contributed by atoms with van der Waals surface area (Å²) in [5.41, 5.74) is 6.00. The zero-order valence-electron chi connectivity index (χ0n) is 11.9. The van der Waals surface area contributed by atoms with Gasteiger partial charge in [0.05, 0.1) is 0 Å². The van der Waals surface area contributed by atoms with Gasteiger partial charge in [0.25, 0.3) is 0 Å². The SMILES string of the molecule is CC(=O)NC1CCN(C(=O)C2CCC(N)C(C)C2)C1. The highest BCUT2D eigenvalue weighted by atomic mass is 16.2. The monoisotopic (exact) mass is 267 g/mol. The number of carbonyl (C=O) groups is 2. The molecule has 19 heavy (non-hydrogen) atoms. The molecule has 4 unspecified atom stereocenters. The molecule has 0 spiro atoms. The Balaban J connectivity index is 1.86. The van der Waals surface area contributed by atoms with Crippen LogP contribution in [0.3, 0.4) is 0 Å². The topological polar surface area (TPSA) is 75.4 Å². The van der Waals surface area contributed by atoms with Crippen molar-refractivity contribution in [3.05, 3.63) is 0 Å². The molecule has 1 aliphatic carbocycles. The maximum atomic E-state index is 12.5. The lowest BCUT2D eigenvalue weighted by Gasteiger charge is -2.33. The minimum Gasteiger partial charge on any atom is -0.352 e. The van der Waals surface area contributed by atoms with Crippen LogP contribution in [0.1, 0.15) is 39.5 Å². The standard InChI is InChI=1S/C14H25N3O2/c1-9-7-11(3-4-13(9)15)14(19)17-6-5-12(8-17)16-10(2)18/h9,11-13H,3-8,15H2,1-2H3,(H,16,18). The van der Waals surface area contributed by atoms with Crippen LogP contribution in [0.2, 0.25) is 0 Å². The molecule has 1 heterocycles. The van der Waals surface area contributed by atoms with Crippen LogP contribution in [-0.4, -0.2) is 41.9 Å². The number of hydrogen-bond donors (Lipinski definition) is 2. The van der Waals surface area contributed by atoms with Crippen molar-refractivity contribution in [1.29, 1.82) is 0 Å². The van der Waals surface area contributed by atoms with Crippen molar-refractivity contribution in [2.45, 2.75) is 51.6 Å². The normalized spacial score (nSPS) is 35.2. The van der Waals surface area contributed by atoms with Gasteiger partial charge in [0.1, 0.15) is 0 Å². The van der Waals surface area contributed by atoms with Crippen LogP contribution in [0.25, 0.3) is 0 Å². The minimum absolute atomic E-state index is 0.0171. The van der Waals surface area contributed by atoms with Gasteiger partial charge in [-0.2, -0.15) is 0 Å². The van der Waals surface area contributed by atoms with Crippen LogP contribution in [-0.2, 0) is 9.59 Å². The fraction of sp³-hybridized carbons (Fsp3) is 0.857. The molecule has 1 aliphatic heterocycles. The molecule has 2 fully saturated rings. The molecule has 0 bridgehead atoms. The molecular weight excluding hydrogens is 242 g/mol. The summed E-state index contributed by atoms with van der Waals surface area (Å²) < 4.78 is 0. The second-order valence-corrected chi connectivity index (χ2v) is 6.12. The highest BCUT2D eigenvalue weighted by Crippen LogP contribution is 2.30. The highest BCUT2D eigenvalue weighted by Gasteiger charge is 2.35. The van der Waals surface area contributed by atoms with E-state index in [1.807, 2.05) is 4.90 Å². The average molecular weight is 267 g/mol. The molecule has 0 aromatic carbocycles. The summed E-state index contributed by atoms with van der Waals surface area (Å²) in [6, 6.07) is 0.375. The van der Waals surface area contributed by atoms with Crippen LogP contribution in [0, 0.1) is 11.8 Å². The quantitative estimate of drug-likeness (QED) is 0.764. The van der Waals surface area contributed by atoms with Crippen LogP contribution >= 0.6 is 0 Å². The van der Waals surface area contributed by atoms with Crippen LogP contribution in [0.5, 0.6) is 0 Å². The van der Waals surface area contributed by atoms with Gasteiger partial charge >= 0.3 is 0 Å². The number of carbonyl (C=O) groups excluding carboxylic acids is 2. The number of rotatable bonds is 2. The smallest absolute Gasteiger partial charge is 0.225 e. The first-order valence-electron chi connectivity index (χ1n) is 7.29. The molecule has 3 N–H and O–H groups in total. The summed E-state index contributed by atoms with van der Waals surface area (Å²) >= 11 is 0. The Morgan fingerprint density at radius 3 is 2.63 bits per heavy atom. The van der Waals surface area contributed by atoms with Crippen LogP contribution in [0.15, 0.2) is 0 Å². The molecular formula is C14H25N3O2. The van der Waals surface area contributed by atoms with Crippen LogP contribution < -0.4 is 11.1 Å². The van der Waals surface area contributed by atoms with Crippen molar-refractivity contribution in [3.8, 4) is 0 Å². The Morgan fingerprint density at radius 1 is 1.26 bits per heavy atom. The van der Waals surface area contributed by atoms with E-state index in [9.17, 15) is 9.59 Å². The van der Waals surface area contributed by atoms with Gasteiger partial charge < -0.3 is 16.0 Å². The van der Waals surface area contributed by atoms with E-state index in [2.05, 4.69) is 12.2 Å². The Kier molecular flexibility index (Phi) is 4.45. The third-order valence-electron chi connectivity index (χ3n) is 4.49. The molecule has 2 aliphatic rings. The van der Waals surface area contributed by atoms with Gasteiger partial charge in [0, 0.05) is 38.0 Å². The van der Waals surface area contributed by atoms with Crippen molar-refractivity contribution >= 4 is 11.8 Å². The number of amides is 2. The van der Waals surface area contributed by atoms with Gasteiger partial charge in [0.15, 0.2) is 0 Å². The number of hydrogen-bond acceptors (Lipinski definition) is 3. The molecule has 108 valence electrons. The zero-order valence-corrected chi connectivity index (χ0v) is 11.9. The largest absolute Gasteiger partial charge is 0.352 e. The van der Waals surface area contributed by atoms with Gasteiger partial charge in [-0.05, 0) is 31.6 Å². The first kappa shape index (κ1) is 14.3. The first-order valence-corrected chi connectivity index (χ1v) is 7.29. The van der Waals surface area contributed by atoms with E-state index in [4.69, 9.17) is 5.73 Å².